The Morgan fingerprint density at radius 1 is 1.00 bits per heavy atom. The molecule has 226 valence electrons. The van der Waals surface area contributed by atoms with E-state index in [1.54, 1.807) is 24.6 Å². The maximum absolute atomic E-state index is 13.7. The van der Waals surface area contributed by atoms with Crippen LogP contribution in [0.15, 0.2) is 52.2 Å². The molecule has 0 spiro atoms. The number of fused-ring (bicyclic) bond motifs is 1. The van der Waals surface area contributed by atoms with Gasteiger partial charge in [0, 0.05) is 38.8 Å². The SMILES string of the molecule is CCCCCc1nc(C)c2c(=O)[nH]c(-c3cc(S(=O)(=O)N(C)Cc4ccc(N(CC)CC)cc4)ccc3OCC)nn12. The van der Waals surface area contributed by atoms with E-state index in [4.69, 9.17) is 9.84 Å². The molecule has 0 fully saturated rings. The van der Waals surface area contributed by atoms with Crippen molar-refractivity contribution in [3.05, 3.63) is 69.9 Å². The lowest BCUT2D eigenvalue weighted by atomic mass is 10.2. The van der Waals surface area contributed by atoms with Crippen LogP contribution in [-0.2, 0) is 23.0 Å². The summed E-state index contributed by atoms with van der Waals surface area (Å²) in [6.45, 7) is 12.4. The van der Waals surface area contributed by atoms with Crippen molar-refractivity contribution in [2.75, 3.05) is 31.6 Å². The summed E-state index contributed by atoms with van der Waals surface area (Å²) < 4.78 is 36.2. The number of anilines is 1. The summed E-state index contributed by atoms with van der Waals surface area (Å²) in [5.74, 6) is 1.35. The molecule has 2 aromatic heterocycles. The first-order chi connectivity index (χ1) is 20.1. The average molecular weight is 595 g/mol. The summed E-state index contributed by atoms with van der Waals surface area (Å²) in [6.07, 6.45) is 3.73. The van der Waals surface area contributed by atoms with E-state index in [9.17, 15) is 13.2 Å². The van der Waals surface area contributed by atoms with Crippen LogP contribution >= 0.6 is 0 Å². The van der Waals surface area contributed by atoms with E-state index in [2.05, 4.69) is 35.6 Å². The normalized spacial score (nSPS) is 11.9. The first kappa shape index (κ1) is 31.2. The number of aryl methyl sites for hydroxylation is 2. The molecule has 0 aliphatic carbocycles. The molecule has 1 N–H and O–H groups in total. The maximum atomic E-state index is 13.7. The van der Waals surface area contributed by atoms with Crippen molar-refractivity contribution < 1.29 is 13.2 Å². The second-order valence-corrected chi connectivity index (χ2v) is 12.4. The molecule has 0 saturated heterocycles. The van der Waals surface area contributed by atoms with Crippen LogP contribution < -0.4 is 15.2 Å². The van der Waals surface area contributed by atoms with Crippen molar-refractivity contribution >= 4 is 21.2 Å². The minimum absolute atomic E-state index is 0.0796. The minimum atomic E-state index is -3.88. The number of nitrogens with one attached hydrogen (secondary N) is 1. The van der Waals surface area contributed by atoms with Gasteiger partial charge in [-0.3, -0.25) is 4.79 Å². The Balaban J connectivity index is 1.70. The third-order valence-corrected chi connectivity index (χ3v) is 9.23. The molecule has 0 bridgehead atoms. The Hall–Kier alpha value is -3.70. The highest BCUT2D eigenvalue weighted by atomic mass is 32.2. The number of unbranched alkanes of at least 4 members (excludes halogenated alkanes) is 2. The molecule has 2 heterocycles. The second-order valence-electron chi connectivity index (χ2n) is 10.3. The number of hydrogen-bond donors (Lipinski definition) is 1. The highest BCUT2D eigenvalue weighted by molar-refractivity contribution is 7.89. The van der Waals surface area contributed by atoms with Gasteiger partial charge in [-0.25, -0.2) is 17.9 Å². The fourth-order valence-electron chi connectivity index (χ4n) is 5.11. The Morgan fingerprint density at radius 2 is 1.71 bits per heavy atom. The van der Waals surface area contributed by atoms with Crippen LogP contribution in [0, 0.1) is 6.92 Å². The second kappa shape index (κ2) is 13.5. The van der Waals surface area contributed by atoms with Crippen LogP contribution in [0.5, 0.6) is 5.75 Å². The van der Waals surface area contributed by atoms with E-state index in [0.717, 1.165) is 43.6 Å². The molecule has 0 atom stereocenters. The number of nitrogens with zero attached hydrogens (tertiary/aromatic N) is 5. The lowest BCUT2D eigenvalue weighted by Crippen LogP contribution is -2.27. The molecule has 11 heteroatoms. The predicted molar refractivity (Wildman–Crippen MR) is 167 cm³/mol. The zero-order chi connectivity index (χ0) is 30.4. The van der Waals surface area contributed by atoms with Gasteiger partial charge in [0.15, 0.2) is 11.3 Å². The number of benzene rings is 2. The van der Waals surface area contributed by atoms with Crippen LogP contribution in [-0.4, -0.2) is 59.0 Å². The Bertz CT molecular complexity index is 1670. The van der Waals surface area contributed by atoms with Crippen LogP contribution in [0.1, 0.15) is 64.0 Å². The van der Waals surface area contributed by atoms with Gasteiger partial charge in [0.1, 0.15) is 11.6 Å². The van der Waals surface area contributed by atoms with E-state index >= 15 is 0 Å². The number of H-pyrrole nitrogens is 1. The van der Waals surface area contributed by atoms with Crippen LogP contribution in [0.25, 0.3) is 16.9 Å². The van der Waals surface area contributed by atoms with E-state index in [0.29, 0.717) is 41.4 Å². The zero-order valence-corrected chi connectivity index (χ0v) is 26.3. The number of aromatic amines is 1. The monoisotopic (exact) mass is 594 g/mol. The molecule has 2 aromatic carbocycles. The van der Waals surface area contributed by atoms with Gasteiger partial charge in [-0.2, -0.15) is 4.31 Å². The molecule has 4 rings (SSSR count). The summed E-state index contributed by atoms with van der Waals surface area (Å²) in [5, 5.41) is 4.73. The molecule has 10 nitrogen and oxygen atoms in total. The first-order valence-corrected chi connectivity index (χ1v) is 16.1. The highest BCUT2D eigenvalue weighted by Crippen LogP contribution is 2.31. The van der Waals surface area contributed by atoms with Gasteiger partial charge < -0.3 is 14.6 Å². The lowest BCUT2D eigenvalue weighted by molar-refractivity contribution is 0.341. The molecule has 0 amide bonds. The molecule has 0 unspecified atom stereocenters. The van der Waals surface area contributed by atoms with Crippen molar-refractivity contribution in [2.24, 2.45) is 0 Å². The van der Waals surface area contributed by atoms with Crippen LogP contribution in [0.4, 0.5) is 5.69 Å². The Labute approximate surface area is 248 Å². The Kier molecular flexibility index (Phi) is 10.1. The molecule has 42 heavy (non-hydrogen) atoms. The molecule has 0 radical (unpaired) electrons. The van der Waals surface area contributed by atoms with Gasteiger partial charge in [-0.15, -0.1) is 5.10 Å². The first-order valence-electron chi connectivity index (χ1n) is 14.7. The van der Waals surface area contributed by atoms with Crippen molar-refractivity contribution in [1.29, 1.82) is 0 Å². The van der Waals surface area contributed by atoms with E-state index < -0.39 is 10.0 Å². The van der Waals surface area contributed by atoms with Gasteiger partial charge in [0.25, 0.3) is 5.56 Å². The quantitative estimate of drug-likeness (QED) is 0.200. The summed E-state index contributed by atoms with van der Waals surface area (Å²) in [6, 6.07) is 12.6. The highest BCUT2D eigenvalue weighted by Gasteiger charge is 2.24. The molecule has 0 aliphatic heterocycles. The predicted octanol–water partition coefficient (Wildman–Crippen LogP) is 5.19. The number of sulfonamides is 1. The third-order valence-electron chi connectivity index (χ3n) is 7.43. The summed E-state index contributed by atoms with van der Waals surface area (Å²) >= 11 is 0. The molecule has 0 saturated carbocycles. The van der Waals surface area contributed by atoms with Gasteiger partial charge in [0.05, 0.1) is 22.8 Å². The number of ether oxygens (including phenoxy) is 1. The van der Waals surface area contributed by atoms with Gasteiger partial charge in [-0.05, 0) is 70.0 Å². The van der Waals surface area contributed by atoms with Gasteiger partial charge >= 0.3 is 0 Å². The van der Waals surface area contributed by atoms with Crippen molar-refractivity contribution in [3.8, 4) is 17.1 Å². The minimum Gasteiger partial charge on any atom is -0.493 e. The molecular weight excluding hydrogens is 552 g/mol. The lowest BCUT2D eigenvalue weighted by Gasteiger charge is -2.22. The van der Waals surface area contributed by atoms with Gasteiger partial charge in [0.2, 0.25) is 10.0 Å². The third kappa shape index (κ3) is 6.52. The maximum Gasteiger partial charge on any atom is 0.277 e. The fraction of sp³-hybridized carbons (Fsp3) is 0.452. The number of imidazole rings is 1. The number of aromatic nitrogens is 4. The van der Waals surface area contributed by atoms with Gasteiger partial charge in [-0.1, -0.05) is 31.9 Å². The van der Waals surface area contributed by atoms with Crippen LogP contribution in [0.3, 0.4) is 0 Å². The number of rotatable bonds is 14. The standard InChI is InChI=1S/C31H42N6O4S/c1-7-11-12-13-28-32-22(5)29-31(38)33-30(34-37(28)29)26-20-25(18-19-27(26)41-10-4)42(39,40)35(6)21-23-14-16-24(17-15-23)36(8-2)9-3/h14-20H,7-13,21H2,1-6H3,(H,33,34,38). The molecule has 4 aromatic rings. The van der Waals surface area contributed by atoms with E-state index in [1.165, 1.54) is 16.4 Å². The van der Waals surface area contributed by atoms with E-state index in [1.807, 2.05) is 31.2 Å². The van der Waals surface area contributed by atoms with Crippen molar-refractivity contribution in [1.82, 2.24) is 23.9 Å². The summed E-state index contributed by atoms with van der Waals surface area (Å²) in [5.41, 5.74) is 3.03. The van der Waals surface area contributed by atoms with E-state index in [-0.39, 0.29) is 22.8 Å². The smallest absolute Gasteiger partial charge is 0.277 e. The van der Waals surface area contributed by atoms with Crippen molar-refractivity contribution in [2.45, 2.75) is 71.7 Å². The molecular formula is C31H42N6O4S. The Morgan fingerprint density at radius 3 is 2.36 bits per heavy atom. The summed E-state index contributed by atoms with van der Waals surface area (Å²) in [7, 11) is -2.32. The largest absolute Gasteiger partial charge is 0.493 e. The number of hydrogen-bond acceptors (Lipinski definition) is 7. The van der Waals surface area contributed by atoms with Crippen LogP contribution in [0.2, 0.25) is 0 Å². The van der Waals surface area contributed by atoms with Crippen molar-refractivity contribution in [3.63, 3.8) is 0 Å². The fourth-order valence-corrected chi connectivity index (χ4v) is 6.30. The average Bonchev–Trinajstić information content (AvgIpc) is 3.30. The molecule has 0 aliphatic rings. The topological polar surface area (TPSA) is 113 Å². The summed E-state index contributed by atoms with van der Waals surface area (Å²) in [4.78, 5) is 22.9. The zero-order valence-electron chi connectivity index (χ0n) is 25.5.